The average Bonchev–Trinajstić information content (AvgIpc) is 3.31. The molecule has 1 fully saturated rings. The van der Waals surface area contributed by atoms with Crippen molar-refractivity contribution >= 4 is 39.2 Å². The maximum atomic E-state index is 13.2. The van der Waals surface area contributed by atoms with Crippen LogP contribution in [0, 0.1) is 0 Å². The van der Waals surface area contributed by atoms with E-state index in [2.05, 4.69) is 5.32 Å². The molecule has 1 aliphatic heterocycles. The predicted octanol–water partition coefficient (Wildman–Crippen LogP) is 2.65. The Balaban J connectivity index is 1.84. The Kier molecular flexibility index (Phi) is 6.30. The van der Waals surface area contributed by atoms with Gasteiger partial charge in [-0.05, 0) is 38.0 Å². The Morgan fingerprint density at radius 1 is 1.31 bits per heavy atom. The van der Waals surface area contributed by atoms with Gasteiger partial charge < -0.3 is 14.6 Å². The number of anilines is 1. The average molecular weight is 440 g/mol. The molecule has 1 aliphatic rings. The van der Waals surface area contributed by atoms with Crippen molar-refractivity contribution in [2.24, 2.45) is 7.05 Å². The fourth-order valence-corrected chi connectivity index (χ4v) is 5.20. The van der Waals surface area contributed by atoms with Crippen LogP contribution >= 0.6 is 11.6 Å². The SMILES string of the molecule is CCOC(=O)c1cc(S(=O)(=O)N2CCC[C@@H]2C(=O)Nc2ccccc2Cl)cn1C. The number of halogens is 1. The summed E-state index contributed by atoms with van der Waals surface area (Å²) in [6, 6.07) is 7.17. The molecule has 10 heteroatoms. The number of rotatable bonds is 6. The molecule has 0 unspecified atom stereocenters. The summed E-state index contributed by atoms with van der Waals surface area (Å²) in [5.41, 5.74) is 0.550. The lowest BCUT2D eigenvalue weighted by Gasteiger charge is -2.23. The third kappa shape index (κ3) is 4.31. The first-order valence-corrected chi connectivity index (χ1v) is 11.0. The van der Waals surface area contributed by atoms with Crippen molar-refractivity contribution in [2.75, 3.05) is 18.5 Å². The summed E-state index contributed by atoms with van der Waals surface area (Å²) >= 11 is 6.08. The van der Waals surface area contributed by atoms with Gasteiger partial charge in [0.1, 0.15) is 16.6 Å². The van der Waals surface area contributed by atoms with Crippen LogP contribution in [0.5, 0.6) is 0 Å². The van der Waals surface area contributed by atoms with E-state index in [0.29, 0.717) is 23.6 Å². The fourth-order valence-electron chi connectivity index (χ4n) is 3.29. The molecule has 1 saturated heterocycles. The maximum Gasteiger partial charge on any atom is 0.354 e. The molecule has 29 heavy (non-hydrogen) atoms. The number of amides is 1. The van der Waals surface area contributed by atoms with Gasteiger partial charge in [-0.1, -0.05) is 23.7 Å². The highest BCUT2D eigenvalue weighted by atomic mass is 35.5. The van der Waals surface area contributed by atoms with Gasteiger partial charge in [-0.3, -0.25) is 4.79 Å². The second-order valence-corrected chi connectivity index (χ2v) is 8.93. The number of aryl methyl sites for hydroxylation is 1. The second kappa shape index (κ2) is 8.56. The fraction of sp³-hybridized carbons (Fsp3) is 0.368. The van der Waals surface area contributed by atoms with Gasteiger partial charge in [0.15, 0.2) is 0 Å². The van der Waals surface area contributed by atoms with Gasteiger partial charge in [0.2, 0.25) is 15.9 Å². The molecule has 0 aliphatic carbocycles. The van der Waals surface area contributed by atoms with E-state index < -0.39 is 27.9 Å². The van der Waals surface area contributed by atoms with Crippen LogP contribution in [0.2, 0.25) is 5.02 Å². The lowest BCUT2D eigenvalue weighted by molar-refractivity contribution is -0.119. The van der Waals surface area contributed by atoms with Gasteiger partial charge in [0.05, 0.1) is 17.3 Å². The Hall–Kier alpha value is -2.36. The Labute approximate surface area is 174 Å². The molecule has 0 radical (unpaired) electrons. The van der Waals surface area contributed by atoms with Crippen LogP contribution in [0.3, 0.4) is 0 Å². The van der Waals surface area contributed by atoms with E-state index >= 15 is 0 Å². The minimum absolute atomic E-state index is 0.0551. The number of hydrogen-bond donors (Lipinski definition) is 1. The molecule has 0 saturated carbocycles. The monoisotopic (exact) mass is 439 g/mol. The van der Waals surface area contributed by atoms with Gasteiger partial charge >= 0.3 is 5.97 Å². The van der Waals surface area contributed by atoms with E-state index in [4.69, 9.17) is 16.3 Å². The molecule has 0 bridgehead atoms. The summed E-state index contributed by atoms with van der Waals surface area (Å²) in [4.78, 5) is 24.7. The second-order valence-electron chi connectivity index (χ2n) is 6.64. The normalized spacial score (nSPS) is 17.3. The molecule has 1 atom stereocenters. The van der Waals surface area contributed by atoms with Gasteiger partial charge in [0, 0.05) is 19.8 Å². The standard InChI is InChI=1S/C19H22ClN3O5S/c1-3-28-19(25)17-11-13(12-22(17)2)29(26,27)23-10-6-9-16(23)18(24)21-15-8-5-4-7-14(15)20/h4-5,7-8,11-12,16H,3,6,9-10H2,1-2H3,(H,21,24)/t16-/m1/s1. The van der Waals surface area contributed by atoms with Gasteiger partial charge in [-0.25, -0.2) is 13.2 Å². The van der Waals surface area contributed by atoms with E-state index in [1.165, 1.54) is 21.1 Å². The van der Waals surface area contributed by atoms with Crippen LogP contribution in [0.4, 0.5) is 5.69 Å². The van der Waals surface area contributed by atoms with Crippen molar-refractivity contribution in [2.45, 2.75) is 30.7 Å². The first kappa shape index (κ1) is 21.4. The van der Waals surface area contributed by atoms with Crippen molar-refractivity contribution in [3.63, 3.8) is 0 Å². The summed E-state index contributed by atoms with van der Waals surface area (Å²) in [6.45, 7) is 2.07. The number of benzene rings is 1. The molecule has 0 spiro atoms. The molecule has 3 rings (SSSR count). The van der Waals surface area contributed by atoms with Crippen molar-refractivity contribution < 1.29 is 22.7 Å². The van der Waals surface area contributed by atoms with Gasteiger partial charge in [-0.15, -0.1) is 0 Å². The number of ether oxygens (including phenoxy) is 1. The number of carbonyl (C=O) groups excluding carboxylic acids is 2. The summed E-state index contributed by atoms with van der Waals surface area (Å²) in [7, 11) is -2.41. The minimum Gasteiger partial charge on any atom is -0.461 e. The van der Waals surface area contributed by atoms with Crippen LogP contribution < -0.4 is 5.32 Å². The van der Waals surface area contributed by atoms with Crippen LogP contribution in [-0.4, -0.2) is 48.4 Å². The lowest BCUT2D eigenvalue weighted by atomic mass is 10.2. The summed E-state index contributed by atoms with van der Waals surface area (Å²) < 4.78 is 33.9. The first-order valence-electron chi connectivity index (χ1n) is 9.16. The van der Waals surface area contributed by atoms with Crippen LogP contribution in [0.15, 0.2) is 41.4 Å². The van der Waals surface area contributed by atoms with E-state index in [0.717, 1.165) is 0 Å². The number of nitrogens with one attached hydrogen (secondary N) is 1. The zero-order valence-corrected chi connectivity index (χ0v) is 17.7. The van der Waals surface area contributed by atoms with Crippen LogP contribution in [-0.2, 0) is 26.6 Å². The largest absolute Gasteiger partial charge is 0.461 e. The van der Waals surface area contributed by atoms with Gasteiger partial charge in [-0.2, -0.15) is 4.31 Å². The van der Waals surface area contributed by atoms with E-state index in [-0.39, 0.29) is 23.7 Å². The maximum absolute atomic E-state index is 13.2. The minimum atomic E-state index is -3.97. The van der Waals surface area contributed by atoms with Crippen LogP contribution in [0.25, 0.3) is 0 Å². The Morgan fingerprint density at radius 3 is 2.72 bits per heavy atom. The third-order valence-electron chi connectivity index (χ3n) is 4.71. The molecule has 1 aromatic heterocycles. The van der Waals surface area contributed by atoms with E-state index in [1.807, 2.05) is 0 Å². The molecule has 1 N–H and O–H groups in total. The number of sulfonamides is 1. The highest BCUT2D eigenvalue weighted by Gasteiger charge is 2.40. The lowest BCUT2D eigenvalue weighted by Crippen LogP contribution is -2.43. The number of nitrogens with zero attached hydrogens (tertiary/aromatic N) is 2. The summed E-state index contributed by atoms with van der Waals surface area (Å²) in [6.07, 6.45) is 2.30. The van der Waals surface area contributed by atoms with E-state index in [1.54, 1.807) is 38.2 Å². The van der Waals surface area contributed by atoms with Crippen molar-refractivity contribution in [3.8, 4) is 0 Å². The first-order chi connectivity index (χ1) is 13.8. The number of carbonyl (C=O) groups is 2. The number of hydrogen-bond acceptors (Lipinski definition) is 5. The summed E-state index contributed by atoms with van der Waals surface area (Å²) in [5.74, 6) is -1.05. The molecule has 8 nitrogen and oxygen atoms in total. The molecular weight excluding hydrogens is 418 g/mol. The smallest absolute Gasteiger partial charge is 0.354 e. The zero-order valence-electron chi connectivity index (χ0n) is 16.1. The molecule has 156 valence electrons. The van der Waals surface area contributed by atoms with Crippen molar-refractivity contribution in [1.82, 2.24) is 8.87 Å². The number of esters is 1. The van der Waals surface area contributed by atoms with Crippen molar-refractivity contribution in [3.05, 3.63) is 47.2 Å². The highest BCUT2D eigenvalue weighted by molar-refractivity contribution is 7.89. The Morgan fingerprint density at radius 2 is 2.03 bits per heavy atom. The number of para-hydroxylation sites is 1. The summed E-state index contributed by atoms with van der Waals surface area (Å²) in [5, 5.41) is 3.07. The molecule has 2 aromatic rings. The van der Waals surface area contributed by atoms with Crippen molar-refractivity contribution in [1.29, 1.82) is 0 Å². The molecule has 2 heterocycles. The topological polar surface area (TPSA) is 97.7 Å². The third-order valence-corrected chi connectivity index (χ3v) is 6.91. The molecule has 1 aromatic carbocycles. The molecular formula is C19H22ClN3O5S. The predicted molar refractivity (Wildman–Crippen MR) is 108 cm³/mol. The van der Waals surface area contributed by atoms with Gasteiger partial charge in [0.25, 0.3) is 0 Å². The van der Waals surface area contributed by atoms with Crippen LogP contribution in [0.1, 0.15) is 30.3 Å². The quantitative estimate of drug-likeness (QED) is 0.698. The van der Waals surface area contributed by atoms with E-state index in [9.17, 15) is 18.0 Å². The Bertz CT molecular complexity index is 1030. The number of aromatic nitrogens is 1. The highest BCUT2D eigenvalue weighted by Crippen LogP contribution is 2.29. The molecule has 1 amide bonds. The zero-order chi connectivity index (χ0) is 21.2.